The van der Waals surface area contributed by atoms with Crippen LogP contribution in [-0.4, -0.2) is 36.6 Å². The van der Waals surface area contributed by atoms with E-state index in [0.717, 1.165) is 34.5 Å². The van der Waals surface area contributed by atoms with E-state index in [1.807, 2.05) is 75.1 Å². The molecule has 4 aromatic rings. The highest BCUT2D eigenvalue weighted by Crippen LogP contribution is 2.30. The molecule has 0 radical (unpaired) electrons. The number of rotatable bonds is 8. The Labute approximate surface area is 200 Å². The predicted octanol–water partition coefficient (Wildman–Crippen LogP) is 5.02. The summed E-state index contributed by atoms with van der Waals surface area (Å²) in [6, 6.07) is 17.6. The Morgan fingerprint density at radius 2 is 1.71 bits per heavy atom. The minimum atomic E-state index is -0.542. The van der Waals surface area contributed by atoms with Gasteiger partial charge in [-0.1, -0.05) is 36.4 Å². The molecule has 1 amide bonds. The van der Waals surface area contributed by atoms with E-state index in [0.29, 0.717) is 12.2 Å². The average Bonchev–Trinajstić information content (AvgIpc) is 3.23. The number of amides is 1. The number of hydroxylamine groups is 2. The van der Waals surface area contributed by atoms with Gasteiger partial charge < -0.3 is 4.57 Å². The zero-order valence-corrected chi connectivity index (χ0v) is 19.9. The Kier molecular flexibility index (Phi) is 6.84. The molecule has 7 nitrogen and oxygen atoms in total. The van der Waals surface area contributed by atoms with Gasteiger partial charge in [-0.2, -0.15) is 0 Å². The highest BCUT2D eigenvalue weighted by atomic mass is 16.7. The van der Waals surface area contributed by atoms with Crippen molar-refractivity contribution >= 4 is 6.41 Å². The van der Waals surface area contributed by atoms with Crippen LogP contribution in [0.1, 0.15) is 38.3 Å². The van der Waals surface area contributed by atoms with Crippen LogP contribution in [0.5, 0.6) is 0 Å². The Bertz CT molecular complexity index is 1220. The zero-order chi connectivity index (χ0) is 24.1. The third-order valence-corrected chi connectivity index (χ3v) is 5.42. The molecule has 0 bridgehead atoms. The van der Waals surface area contributed by atoms with Crippen LogP contribution in [0.15, 0.2) is 79.4 Å². The van der Waals surface area contributed by atoms with Gasteiger partial charge >= 0.3 is 0 Å². The van der Waals surface area contributed by atoms with Crippen molar-refractivity contribution in [3.8, 4) is 22.4 Å². The van der Waals surface area contributed by atoms with Crippen molar-refractivity contribution in [1.82, 2.24) is 24.6 Å². The minimum Gasteiger partial charge on any atom is -0.329 e. The summed E-state index contributed by atoms with van der Waals surface area (Å²) in [4.78, 5) is 31.4. The monoisotopic (exact) mass is 455 g/mol. The molecule has 4 rings (SSSR count). The van der Waals surface area contributed by atoms with E-state index in [9.17, 15) is 4.79 Å². The van der Waals surface area contributed by atoms with E-state index >= 15 is 0 Å². The third kappa shape index (κ3) is 5.38. The highest BCUT2D eigenvalue weighted by molar-refractivity contribution is 5.68. The van der Waals surface area contributed by atoms with Gasteiger partial charge in [-0.3, -0.25) is 19.6 Å². The van der Waals surface area contributed by atoms with Crippen LogP contribution < -0.4 is 0 Å². The predicted molar refractivity (Wildman–Crippen MR) is 131 cm³/mol. The van der Waals surface area contributed by atoms with E-state index in [-0.39, 0.29) is 0 Å². The molecule has 0 saturated heterocycles. The molecule has 1 atom stereocenters. The molecule has 0 N–H and O–H groups in total. The molecular formula is C27H29N5O2. The Morgan fingerprint density at radius 1 is 0.941 bits per heavy atom. The van der Waals surface area contributed by atoms with Gasteiger partial charge in [0, 0.05) is 37.8 Å². The molecule has 0 unspecified atom stereocenters. The van der Waals surface area contributed by atoms with Gasteiger partial charge in [-0.15, -0.1) is 0 Å². The van der Waals surface area contributed by atoms with E-state index in [1.54, 1.807) is 12.4 Å². The van der Waals surface area contributed by atoms with Gasteiger partial charge in [0.05, 0.1) is 17.5 Å². The van der Waals surface area contributed by atoms with Crippen molar-refractivity contribution in [2.75, 3.05) is 0 Å². The van der Waals surface area contributed by atoms with Crippen molar-refractivity contribution in [3.05, 3.63) is 90.9 Å². The number of carbonyl (C=O) groups is 1. The molecule has 0 aliphatic carbocycles. The summed E-state index contributed by atoms with van der Waals surface area (Å²) < 4.78 is 2.01. The van der Waals surface area contributed by atoms with Crippen LogP contribution in [0, 0.1) is 0 Å². The van der Waals surface area contributed by atoms with Crippen molar-refractivity contribution in [3.63, 3.8) is 0 Å². The number of pyridine rings is 2. The second-order valence-electron chi connectivity index (χ2n) is 9.09. The zero-order valence-electron chi connectivity index (χ0n) is 19.9. The molecule has 1 aromatic carbocycles. The maximum atomic E-state index is 12.1. The Morgan fingerprint density at radius 3 is 2.32 bits per heavy atom. The standard InChI is InChI=1S/C27H29N5O2/c1-27(2,3)34-32(19-33)24(16-23-9-5-6-15-29-23)26-30-18-25(31(26)4)21-12-10-20(11-13-21)22-8-7-14-28-17-22/h5-15,17-19,24H,16H2,1-4H3/t24-/m0/s1. The molecule has 0 aliphatic rings. The Balaban J connectivity index is 1.68. The molecule has 7 heteroatoms. The van der Waals surface area contributed by atoms with Crippen molar-refractivity contribution in [1.29, 1.82) is 0 Å². The molecule has 3 aromatic heterocycles. The lowest BCUT2D eigenvalue weighted by molar-refractivity contribution is -0.235. The fourth-order valence-corrected chi connectivity index (χ4v) is 3.86. The fraction of sp³-hybridized carbons (Fsp3) is 0.259. The molecule has 174 valence electrons. The first kappa shape index (κ1) is 23.3. The number of benzene rings is 1. The molecule has 3 heterocycles. The van der Waals surface area contributed by atoms with E-state index in [2.05, 4.69) is 34.2 Å². The minimum absolute atomic E-state index is 0.444. The summed E-state index contributed by atoms with van der Waals surface area (Å²) in [7, 11) is 1.96. The summed E-state index contributed by atoms with van der Waals surface area (Å²) in [5.41, 5.74) is 4.44. The molecule has 0 saturated carbocycles. The van der Waals surface area contributed by atoms with Gasteiger partial charge in [0.2, 0.25) is 6.41 Å². The summed E-state index contributed by atoms with van der Waals surface area (Å²) in [6.07, 6.45) is 8.39. The molecule has 0 aliphatic heterocycles. The number of hydrogen-bond acceptors (Lipinski definition) is 5. The number of aromatic nitrogens is 4. The first-order valence-corrected chi connectivity index (χ1v) is 11.2. The van der Waals surface area contributed by atoms with E-state index < -0.39 is 11.6 Å². The summed E-state index contributed by atoms with van der Waals surface area (Å²) in [5.74, 6) is 0.716. The first-order chi connectivity index (χ1) is 16.4. The van der Waals surface area contributed by atoms with Crippen molar-refractivity contribution in [2.45, 2.75) is 38.8 Å². The normalized spacial score (nSPS) is 12.4. The lowest BCUT2D eigenvalue weighted by atomic mass is 10.0. The SMILES string of the molecule is Cn1c(-c2ccc(-c3cccnc3)cc2)cnc1[C@H](Cc1ccccn1)N(C=O)OC(C)(C)C. The van der Waals surface area contributed by atoms with Crippen LogP contribution >= 0.6 is 0 Å². The van der Waals surface area contributed by atoms with Crippen LogP contribution in [0.25, 0.3) is 22.4 Å². The van der Waals surface area contributed by atoms with Gasteiger partial charge in [0.1, 0.15) is 11.9 Å². The van der Waals surface area contributed by atoms with Crippen molar-refractivity contribution in [2.24, 2.45) is 7.05 Å². The van der Waals surface area contributed by atoms with E-state index in [1.165, 1.54) is 5.06 Å². The van der Waals surface area contributed by atoms with Crippen LogP contribution in [0.3, 0.4) is 0 Å². The number of hydrogen-bond donors (Lipinski definition) is 0. The van der Waals surface area contributed by atoms with Crippen molar-refractivity contribution < 1.29 is 9.63 Å². The number of imidazole rings is 1. The average molecular weight is 456 g/mol. The number of carbonyl (C=O) groups excluding carboxylic acids is 1. The highest BCUT2D eigenvalue weighted by Gasteiger charge is 2.29. The summed E-state index contributed by atoms with van der Waals surface area (Å²) >= 11 is 0. The van der Waals surface area contributed by atoms with Gasteiger partial charge in [0.15, 0.2) is 0 Å². The molecule has 0 spiro atoms. The smallest absolute Gasteiger partial charge is 0.234 e. The second-order valence-corrected chi connectivity index (χ2v) is 9.09. The third-order valence-electron chi connectivity index (χ3n) is 5.42. The van der Waals surface area contributed by atoms with Gasteiger partial charge in [-0.25, -0.2) is 10.0 Å². The van der Waals surface area contributed by atoms with Crippen LogP contribution in [0.4, 0.5) is 0 Å². The maximum Gasteiger partial charge on any atom is 0.234 e. The lowest BCUT2D eigenvalue weighted by Gasteiger charge is -2.32. The van der Waals surface area contributed by atoms with E-state index in [4.69, 9.17) is 9.82 Å². The first-order valence-electron chi connectivity index (χ1n) is 11.2. The Hall–Kier alpha value is -3.84. The van der Waals surface area contributed by atoms with Gasteiger partial charge in [0.25, 0.3) is 0 Å². The van der Waals surface area contributed by atoms with Crippen LogP contribution in [0.2, 0.25) is 0 Å². The second kappa shape index (κ2) is 9.97. The fourth-order valence-electron chi connectivity index (χ4n) is 3.86. The summed E-state index contributed by atoms with van der Waals surface area (Å²) in [5, 5.41) is 1.35. The lowest BCUT2D eigenvalue weighted by Crippen LogP contribution is -2.38. The molecule has 34 heavy (non-hydrogen) atoms. The number of nitrogens with zero attached hydrogens (tertiary/aromatic N) is 5. The summed E-state index contributed by atoms with van der Waals surface area (Å²) in [6.45, 7) is 5.74. The van der Waals surface area contributed by atoms with Crippen LogP contribution in [-0.2, 0) is 23.1 Å². The quantitative estimate of drug-likeness (QED) is 0.276. The topological polar surface area (TPSA) is 73.1 Å². The maximum absolute atomic E-state index is 12.1. The molecule has 0 fully saturated rings. The molecular weight excluding hydrogens is 426 g/mol. The largest absolute Gasteiger partial charge is 0.329 e. The van der Waals surface area contributed by atoms with Gasteiger partial charge in [-0.05, 0) is 55.7 Å².